The average molecular weight is 463 g/mol. The molecule has 10 nitrogen and oxygen atoms in total. The third-order valence-electron chi connectivity index (χ3n) is 6.22. The van der Waals surface area contributed by atoms with E-state index in [2.05, 4.69) is 25.4 Å². The molecule has 0 bridgehead atoms. The average Bonchev–Trinajstić information content (AvgIpc) is 3.31. The van der Waals surface area contributed by atoms with Crippen molar-refractivity contribution in [3.8, 4) is 0 Å². The van der Waals surface area contributed by atoms with Crippen LogP contribution in [0.4, 0.5) is 4.79 Å². The Morgan fingerprint density at radius 2 is 1.71 bits per heavy atom. The van der Waals surface area contributed by atoms with E-state index in [1.54, 1.807) is 0 Å². The Balaban J connectivity index is 1.59. The third-order valence-corrected chi connectivity index (χ3v) is 7.73. The zero-order valence-corrected chi connectivity index (χ0v) is 19.0. The van der Waals surface area contributed by atoms with Gasteiger partial charge in [0.05, 0.1) is 18.7 Å². The van der Waals surface area contributed by atoms with E-state index in [4.69, 9.17) is 16.9 Å². The molecule has 0 aromatic carbocycles. The number of carbonyl (C=O) groups excluding carboxylic acids is 2. The van der Waals surface area contributed by atoms with Crippen LogP contribution in [0.25, 0.3) is 0 Å². The summed E-state index contributed by atoms with van der Waals surface area (Å²) >= 11 is 1.85. The number of urea groups is 1. The van der Waals surface area contributed by atoms with E-state index in [9.17, 15) is 9.59 Å². The molecule has 2 amide bonds. The van der Waals surface area contributed by atoms with E-state index < -0.39 is 11.5 Å². The molecule has 4 atom stereocenters. The lowest BCUT2D eigenvalue weighted by molar-refractivity contribution is -0.490. The summed E-state index contributed by atoms with van der Waals surface area (Å²) < 4.78 is 0. The molecule has 2 rings (SSSR count). The lowest BCUT2D eigenvalue weighted by Crippen LogP contribution is -2.50. The van der Waals surface area contributed by atoms with E-state index in [1.807, 2.05) is 11.8 Å². The number of unbranched alkanes of at least 4 members (excludes halogenated alkanes) is 7. The number of nitrogens with one attached hydrogen (secondary N) is 2. The number of hydrogen-bond donors (Lipinski definition) is 5. The number of thioether (sulfide) groups is 1. The van der Waals surface area contributed by atoms with Gasteiger partial charge in [0.2, 0.25) is 0 Å². The molecule has 0 radical (unpaired) electrons. The van der Waals surface area contributed by atoms with Crippen molar-refractivity contribution in [2.75, 3.05) is 12.4 Å². The van der Waals surface area contributed by atoms with Gasteiger partial charge in [-0.3, -0.25) is 0 Å². The molecular formula is C20H38N4O6S. The monoisotopic (exact) mass is 462 g/mol. The van der Waals surface area contributed by atoms with Crippen LogP contribution in [0.3, 0.4) is 0 Å². The van der Waals surface area contributed by atoms with Gasteiger partial charge in [-0.2, -0.15) is 17.7 Å². The molecule has 0 aliphatic carbocycles. The molecule has 2 heterocycles. The van der Waals surface area contributed by atoms with Gasteiger partial charge in [-0.1, -0.05) is 50.0 Å². The normalized spacial score (nSPS) is 24.4. The molecule has 31 heavy (non-hydrogen) atoms. The summed E-state index contributed by atoms with van der Waals surface area (Å²) in [6.45, 7) is 0.401. The molecule has 2 saturated heterocycles. The molecule has 2 aliphatic rings. The molecule has 11 heteroatoms. The molecule has 0 aromatic rings. The van der Waals surface area contributed by atoms with Crippen molar-refractivity contribution in [1.82, 2.24) is 10.6 Å². The first kappa shape index (κ1) is 26.1. The van der Waals surface area contributed by atoms with Gasteiger partial charge in [-0.05, 0) is 32.1 Å². The molecule has 2 fully saturated rings. The van der Waals surface area contributed by atoms with Crippen LogP contribution in [0.5, 0.6) is 0 Å². The number of fused-ring (bicyclic) bond motifs is 1. The van der Waals surface area contributed by atoms with Crippen LogP contribution < -0.4 is 22.3 Å². The summed E-state index contributed by atoms with van der Waals surface area (Å²) in [6.07, 6.45) is 11.0. The first-order chi connectivity index (χ1) is 15.0. The minimum Gasteiger partial charge on any atom is -0.372 e. The fraction of sp³-hybridized carbons (Fsp3) is 0.900. The van der Waals surface area contributed by atoms with Crippen LogP contribution in [0.2, 0.25) is 0 Å². The maximum atomic E-state index is 12.2. The first-order valence-electron chi connectivity index (χ1n) is 11.3. The van der Waals surface area contributed by atoms with E-state index in [0.29, 0.717) is 24.7 Å². The van der Waals surface area contributed by atoms with Gasteiger partial charge in [-0.25, -0.2) is 19.7 Å². The summed E-state index contributed by atoms with van der Waals surface area (Å²) in [6, 6.07) is 0.259. The molecule has 2 aliphatic heterocycles. The SMILES string of the molecule is NOC(=O)C(N)(CCCCCCCCCCOOO)CCC[C@@H]1SC[C@@H]2NC(=O)N[C@@H]21. The zero-order valence-electron chi connectivity index (χ0n) is 18.2. The Bertz CT molecular complexity index is 558. The second-order valence-electron chi connectivity index (χ2n) is 8.55. The highest BCUT2D eigenvalue weighted by Crippen LogP contribution is 2.34. The Kier molecular flexibility index (Phi) is 11.9. The van der Waals surface area contributed by atoms with Crippen LogP contribution in [0.1, 0.15) is 77.0 Å². The molecule has 0 saturated carbocycles. The third kappa shape index (κ3) is 8.74. The number of nitrogens with two attached hydrogens (primary N) is 2. The van der Waals surface area contributed by atoms with Crippen LogP contribution in [-0.4, -0.2) is 52.5 Å². The summed E-state index contributed by atoms with van der Waals surface area (Å²) in [7, 11) is 0. The van der Waals surface area contributed by atoms with E-state index in [0.717, 1.165) is 70.0 Å². The second kappa shape index (κ2) is 14.1. The smallest absolute Gasteiger partial charge is 0.344 e. The molecule has 1 unspecified atom stereocenters. The molecule has 0 aromatic heterocycles. The molecule has 0 spiro atoms. The van der Waals surface area contributed by atoms with Crippen molar-refractivity contribution < 1.29 is 29.6 Å². The zero-order chi connectivity index (χ0) is 22.5. The van der Waals surface area contributed by atoms with Gasteiger partial charge in [0.15, 0.2) is 0 Å². The quantitative estimate of drug-likeness (QED) is 0.0946. The van der Waals surface area contributed by atoms with Crippen LogP contribution in [0, 0.1) is 0 Å². The summed E-state index contributed by atoms with van der Waals surface area (Å²) in [5.74, 6) is 5.51. The predicted octanol–water partition coefficient (Wildman–Crippen LogP) is 2.37. The second-order valence-corrected chi connectivity index (χ2v) is 9.82. The van der Waals surface area contributed by atoms with Gasteiger partial charge in [0.25, 0.3) is 0 Å². The van der Waals surface area contributed by atoms with Gasteiger partial charge >= 0.3 is 12.0 Å². The molecule has 7 N–H and O–H groups in total. The minimum absolute atomic E-state index is 0.0921. The van der Waals surface area contributed by atoms with Crippen LogP contribution in [0.15, 0.2) is 0 Å². The standard InChI is InChI=1S/C20H38N4O6S/c21-20(18(25)29-22,11-7-5-3-1-2-4-6-8-13-28-30-27)12-9-10-16-17-15(14-31-16)23-19(26)24-17/h15-17,27H,1-14,21-22H2,(H2,23,24,26)/t15-,16-,17-,20?/m0/s1. The lowest BCUT2D eigenvalue weighted by Gasteiger charge is -2.27. The van der Waals surface area contributed by atoms with Crippen molar-refractivity contribution >= 4 is 23.8 Å². The topological polar surface area (TPSA) is 158 Å². The van der Waals surface area contributed by atoms with Crippen LogP contribution in [-0.2, 0) is 19.6 Å². The first-order valence-corrected chi connectivity index (χ1v) is 12.4. The highest BCUT2D eigenvalue weighted by atomic mass is 32.2. The van der Waals surface area contributed by atoms with Gasteiger partial charge in [0, 0.05) is 11.0 Å². The van der Waals surface area contributed by atoms with E-state index in [1.165, 1.54) is 0 Å². The van der Waals surface area contributed by atoms with Crippen molar-refractivity contribution in [1.29, 1.82) is 0 Å². The van der Waals surface area contributed by atoms with Gasteiger partial charge < -0.3 is 21.2 Å². The van der Waals surface area contributed by atoms with Crippen LogP contribution >= 0.6 is 11.8 Å². The lowest BCUT2D eigenvalue weighted by atomic mass is 9.87. The number of carbonyl (C=O) groups is 2. The van der Waals surface area contributed by atoms with Gasteiger partial charge in [0.1, 0.15) is 5.54 Å². The minimum atomic E-state index is -1.05. The number of amides is 2. The highest BCUT2D eigenvalue weighted by Gasteiger charge is 2.43. The summed E-state index contributed by atoms with van der Waals surface area (Å²) in [5.41, 5.74) is 5.35. The number of rotatable bonds is 17. The predicted molar refractivity (Wildman–Crippen MR) is 118 cm³/mol. The Morgan fingerprint density at radius 3 is 2.39 bits per heavy atom. The Labute approximate surface area is 188 Å². The van der Waals surface area contributed by atoms with Gasteiger partial charge in [-0.15, -0.1) is 0 Å². The van der Waals surface area contributed by atoms with Crippen molar-refractivity contribution in [3.63, 3.8) is 0 Å². The van der Waals surface area contributed by atoms with Crippen molar-refractivity contribution in [2.24, 2.45) is 11.6 Å². The largest absolute Gasteiger partial charge is 0.372 e. The molecule has 180 valence electrons. The van der Waals surface area contributed by atoms with Crippen molar-refractivity contribution in [2.45, 2.75) is 99.9 Å². The maximum Gasteiger partial charge on any atom is 0.344 e. The highest BCUT2D eigenvalue weighted by molar-refractivity contribution is 8.00. The Morgan fingerprint density at radius 1 is 1.06 bits per heavy atom. The van der Waals surface area contributed by atoms with E-state index in [-0.39, 0.29) is 18.1 Å². The van der Waals surface area contributed by atoms with Crippen molar-refractivity contribution in [3.05, 3.63) is 0 Å². The number of hydrogen-bond acceptors (Lipinski definition) is 9. The fourth-order valence-electron chi connectivity index (χ4n) is 4.41. The summed E-state index contributed by atoms with van der Waals surface area (Å²) in [5, 5.41) is 17.9. The summed E-state index contributed by atoms with van der Waals surface area (Å²) in [4.78, 5) is 32.6. The molecular weight excluding hydrogens is 424 g/mol. The Hall–Kier alpha value is -1.11. The fourth-order valence-corrected chi connectivity index (χ4v) is 5.95. The van der Waals surface area contributed by atoms with E-state index >= 15 is 0 Å². The maximum absolute atomic E-state index is 12.2.